The molecule has 0 amide bonds. The lowest BCUT2D eigenvalue weighted by Gasteiger charge is -1.97. The standard InChI is InChI=1S/C10H10N2O3/c1-6(7(2)13)10-11-9(12-15-10)8-3-4-14-5-8/h3-6H,1-2H3. The van der Waals surface area contributed by atoms with Crippen molar-refractivity contribution in [3.8, 4) is 11.4 Å². The van der Waals surface area contributed by atoms with Gasteiger partial charge >= 0.3 is 0 Å². The molecule has 0 saturated carbocycles. The zero-order valence-corrected chi connectivity index (χ0v) is 8.43. The molecular weight excluding hydrogens is 196 g/mol. The highest BCUT2D eigenvalue weighted by molar-refractivity contribution is 5.81. The molecular formula is C10H10N2O3. The Morgan fingerprint density at radius 3 is 2.93 bits per heavy atom. The van der Waals surface area contributed by atoms with Crippen LogP contribution in [0.5, 0.6) is 0 Å². The van der Waals surface area contributed by atoms with E-state index in [2.05, 4.69) is 10.1 Å². The summed E-state index contributed by atoms with van der Waals surface area (Å²) in [5.41, 5.74) is 0.737. The number of rotatable bonds is 3. The molecule has 15 heavy (non-hydrogen) atoms. The first kappa shape index (κ1) is 9.64. The molecule has 0 N–H and O–H groups in total. The molecule has 5 heteroatoms. The van der Waals surface area contributed by atoms with Gasteiger partial charge in [-0.15, -0.1) is 0 Å². The molecule has 0 saturated heterocycles. The molecule has 0 fully saturated rings. The van der Waals surface area contributed by atoms with Gasteiger partial charge in [-0.3, -0.25) is 4.79 Å². The van der Waals surface area contributed by atoms with Gasteiger partial charge in [0.05, 0.1) is 17.7 Å². The second kappa shape index (κ2) is 3.68. The van der Waals surface area contributed by atoms with E-state index in [9.17, 15) is 4.79 Å². The number of carbonyl (C=O) groups is 1. The molecule has 2 aromatic heterocycles. The highest BCUT2D eigenvalue weighted by atomic mass is 16.5. The van der Waals surface area contributed by atoms with Gasteiger partial charge in [0.25, 0.3) is 0 Å². The van der Waals surface area contributed by atoms with Gasteiger partial charge in [0, 0.05) is 0 Å². The van der Waals surface area contributed by atoms with Crippen LogP contribution in [0, 0.1) is 0 Å². The summed E-state index contributed by atoms with van der Waals surface area (Å²) in [4.78, 5) is 15.2. The van der Waals surface area contributed by atoms with Crippen molar-refractivity contribution in [3.05, 3.63) is 24.5 Å². The minimum absolute atomic E-state index is 0.00241. The zero-order valence-electron chi connectivity index (χ0n) is 8.43. The van der Waals surface area contributed by atoms with Crippen LogP contribution in [-0.2, 0) is 4.79 Å². The van der Waals surface area contributed by atoms with Gasteiger partial charge in [0.15, 0.2) is 0 Å². The fourth-order valence-corrected chi connectivity index (χ4v) is 1.09. The summed E-state index contributed by atoms with van der Waals surface area (Å²) >= 11 is 0. The van der Waals surface area contributed by atoms with E-state index in [1.165, 1.54) is 19.5 Å². The third kappa shape index (κ3) is 1.81. The van der Waals surface area contributed by atoms with Crippen molar-refractivity contribution in [2.75, 3.05) is 0 Å². The Kier molecular flexibility index (Phi) is 2.37. The van der Waals surface area contributed by atoms with Crippen LogP contribution >= 0.6 is 0 Å². The first-order chi connectivity index (χ1) is 7.18. The maximum absolute atomic E-state index is 11.1. The largest absolute Gasteiger partial charge is 0.472 e. The summed E-state index contributed by atoms with van der Waals surface area (Å²) in [5, 5.41) is 3.76. The molecule has 0 aromatic carbocycles. The lowest BCUT2D eigenvalue weighted by Crippen LogP contribution is -2.04. The van der Waals surface area contributed by atoms with E-state index in [4.69, 9.17) is 8.94 Å². The van der Waals surface area contributed by atoms with Crippen molar-refractivity contribution in [3.63, 3.8) is 0 Å². The predicted molar refractivity (Wildman–Crippen MR) is 51.1 cm³/mol. The van der Waals surface area contributed by atoms with Crippen molar-refractivity contribution in [1.82, 2.24) is 10.1 Å². The number of aromatic nitrogens is 2. The minimum Gasteiger partial charge on any atom is -0.472 e. The Hall–Kier alpha value is -1.91. The molecule has 2 heterocycles. The van der Waals surface area contributed by atoms with Crippen LogP contribution in [0.15, 0.2) is 27.5 Å². The maximum Gasteiger partial charge on any atom is 0.237 e. The van der Waals surface area contributed by atoms with Crippen molar-refractivity contribution in [1.29, 1.82) is 0 Å². The second-order valence-electron chi connectivity index (χ2n) is 3.30. The second-order valence-corrected chi connectivity index (χ2v) is 3.30. The van der Waals surface area contributed by atoms with Crippen LogP contribution in [-0.4, -0.2) is 15.9 Å². The number of nitrogens with zero attached hydrogens (tertiary/aromatic N) is 2. The van der Waals surface area contributed by atoms with E-state index in [-0.39, 0.29) is 11.7 Å². The lowest BCUT2D eigenvalue weighted by molar-refractivity contribution is -0.118. The number of Topliss-reactive ketones (excluding diaryl/α,β-unsaturated/α-hetero) is 1. The Morgan fingerprint density at radius 2 is 2.33 bits per heavy atom. The quantitative estimate of drug-likeness (QED) is 0.768. The van der Waals surface area contributed by atoms with Gasteiger partial charge in [-0.05, 0) is 19.9 Å². The Morgan fingerprint density at radius 1 is 1.53 bits per heavy atom. The molecule has 0 aliphatic rings. The topological polar surface area (TPSA) is 69.1 Å². The highest BCUT2D eigenvalue weighted by Gasteiger charge is 2.19. The van der Waals surface area contributed by atoms with Crippen LogP contribution in [0.25, 0.3) is 11.4 Å². The Bertz CT molecular complexity index is 459. The van der Waals surface area contributed by atoms with Crippen LogP contribution < -0.4 is 0 Å². The van der Waals surface area contributed by atoms with Crippen LogP contribution in [0.2, 0.25) is 0 Å². The average Bonchev–Trinajstić information content (AvgIpc) is 2.86. The third-order valence-electron chi connectivity index (χ3n) is 2.20. The molecule has 0 aliphatic carbocycles. The summed E-state index contributed by atoms with van der Waals surface area (Å²) in [7, 11) is 0. The molecule has 78 valence electrons. The van der Waals surface area contributed by atoms with Gasteiger partial charge in [-0.1, -0.05) is 5.16 Å². The van der Waals surface area contributed by atoms with Crippen LogP contribution in [0.3, 0.4) is 0 Å². The number of ketones is 1. The molecule has 0 bridgehead atoms. The molecule has 2 aromatic rings. The van der Waals surface area contributed by atoms with Crippen molar-refractivity contribution in [2.45, 2.75) is 19.8 Å². The van der Waals surface area contributed by atoms with E-state index in [0.29, 0.717) is 11.7 Å². The van der Waals surface area contributed by atoms with Gasteiger partial charge in [-0.25, -0.2) is 0 Å². The molecule has 0 aliphatic heterocycles. The summed E-state index contributed by atoms with van der Waals surface area (Å²) in [6, 6.07) is 1.73. The molecule has 1 unspecified atom stereocenters. The fraction of sp³-hybridized carbons (Fsp3) is 0.300. The Balaban J connectivity index is 2.28. The van der Waals surface area contributed by atoms with Gasteiger partial charge in [0.2, 0.25) is 11.7 Å². The van der Waals surface area contributed by atoms with Gasteiger partial charge in [0.1, 0.15) is 12.0 Å². The average molecular weight is 206 g/mol. The molecule has 5 nitrogen and oxygen atoms in total. The van der Waals surface area contributed by atoms with Crippen molar-refractivity contribution < 1.29 is 13.7 Å². The third-order valence-corrected chi connectivity index (χ3v) is 2.20. The molecule has 0 radical (unpaired) electrons. The van der Waals surface area contributed by atoms with E-state index < -0.39 is 0 Å². The minimum atomic E-state index is -0.363. The van der Waals surface area contributed by atoms with Crippen LogP contribution in [0.1, 0.15) is 25.7 Å². The SMILES string of the molecule is CC(=O)C(C)c1nc(-c2ccoc2)no1. The summed E-state index contributed by atoms with van der Waals surface area (Å²) in [6.07, 6.45) is 3.05. The summed E-state index contributed by atoms with van der Waals surface area (Å²) in [6.45, 7) is 3.22. The lowest BCUT2D eigenvalue weighted by atomic mass is 10.1. The fourth-order valence-electron chi connectivity index (χ4n) is 1.09. The van der Waals surface area contributed by atoms with Crippen molar-refractivity contribution in [2.24, 2.45) is 0 Å². The molecule has 1 atom stereocenters. The number of hydrogen-bond donors (Lipinski definition) is 0. The van der Waals surface area contributed by atoms with Crippen LogP contribution in [0.4, 0.5) is 0 Å². The first-order valence-corrected chi connectivity index (χ1v) is 4.55. The highest BCUT2D eigenvalue weighted by Crippen LogP contribution is 2.20. The maximum atomic E-state index is 11.1. The smallest absolute Gasteiger partial charge is 0.237 e. The summed E-state index contributed by atoms with van der Waals surface area (Å²) in [5.74, 6) is 0.404. The predicted octanol–water partition coefficient (Wildman–Crippen LogP) is 2.02. The molecule has 2 rings (SSSR count). The van der Waals surface area contributed by atoms with E-state index in [1.54, 1.807) is 13.0 Å². The number of carbonyl (C=O) groups excluding carboxylic acids is 1. The monoisotopic (exact) mass is 206 g/mol. The summed E-state index contributed by atoms with van der Waals surface area (Å²) < 4.78 is 9.89. The Labute approximate surface area is 86.1 Å². The number of hydrogen-bond acceptors (Lipinski definition) is 5. The normalized spacial score (nSPS) is 12.7. The first-order valence-electron chi connectivity index (χ1n) is 4.55. The van der Waals surface area contributed by atoms with E-state index in [0.717, 1.165) is 5.56 Å². The van der Waals surface area contributed by atoms with Crippen molar-refractivity contribution >= 4 is 5.78 Å². The van der Waals surface area contributed by atoms with Gasteiger partial charge in [-0.2, -0.15) is 4.98 Å². The zero-order chi connectivity index (χ0) is 10.8. The van der Waals surface area contributed by atoms with Gasteiger partial charge < -0.3 is 8.94 Å². The van der Waals surface area contributed by atoms with E-state index in [1.807, 2.05) is 0 Å². The number of furan rings is 1. The molecule has 0 spiro atoms. The van der Waals surface area contributed by atoms with E-state index >= 15 is 0 Å².